The van der Waals surface area contributed by atoms with Gasteiger partial charge in [-0.05, 0) is 37.8 Å². The number of aryl methyl sites for hydroxylation is 1. The second kappa shape index (κ2) is 7.50. The molecule has 2 atom stereocenters. The van der Waals surface area contributed by atoms with Gasteiger partial charge in [0.1, 0.15) is 0 Å². The minimum atomic E-state index is 0. The fraction of sp³-hybridized carbons (Fsp3) is 0.692. The van der Waals surface area contributed by atoms with Crippen LogP contribution in [0.1, 0.15) is 26.2 Å². The maximum Gasteiger partial charge on any atom is 0.224 e. The monoisotopic (exact) mass is 286 g/mol. The summed E-state index contributed by atoms with van der Waals surface area (Å²) in [7, 11) is 1.84. The predicted octanol–water partition coefficient (Wildman–Crippen LogP) is 1.81. The molecule has 0 radical (unpaired) electrons. The number of carbonyl (C=O) groups excluding carboxylic acids is 1. The van der Waals surface area contributed by atoms with Crippen LogP contribution in [0.4, 0.5) is 5.69 Å². The quantitative estimate of drug-likeness (QED) is 0.887. The summed E-state index contributed by atoms with van der Waals surface area (Å²) >= 11 is 0. The molecule has 0 aromatic carbocycles. The Hall–Kier alpha value is -1.07. The van der Waals surface area contributed by atoms with Gasteiger partial charge in [0.15, 0.2) is 0 Å². The highest BCUT2D eigenvalue weighted by atomic mass is 35.5. The molecule has 0 aliphatic carbocycles. The highest BCUT2D eigenvalue weighted by Gasteiger charge is 2.22. The summed E-state index contributed by atoms with van der Waals surface area (Å²) in [6.45, 7) is 4.33. The molecular weight excluding hydrogens is 264 g/mol. The molecule has 1 aromatic rings. The van der Waals surface area contributed by atoms with Crippen molar-refractivity contribution in [2.75, 3.05) is 18.4 Å². The molecule has 2 heterocycles. The largest absolute Gasteiger partial charge is 0.323 e. The zero-order valence-electron chi connectivity index (χ0n) is 11.6. The lowest BCUT2D eigenvalue weighted by Crippen LogP contribution is -2.34. The maximum atomic E-state index is 11.9. The normalized spacial score (nSPS) is 20.4. The Balaban J connectivity index is 0.00000180. The van der Waals surface area contributed by atoms with E-state index in [-0.39, 0.29) is 18.3 Å². The summed E-state index contributed by atoms with van der Waals surface area (Å²) in [6, 6.07) is 0. The molecule has 1 fully saturated rings. The Kier molecular flexibility index (Phi) is 6.31. The molecule has 2 unspecified atom stereocenters. The van der Waals surface area contributed by atoms with Gasteiger partial charge in [-0.25, -0.2) is 0 Å². The SMILES string of the molecule is CC(CC(=O)Nc1cnn(C)c1)C1CCCNC1.Cl. The van der Waals surface area contributed by atoms with E-state index in [1.54, 1.807) is 10.9 Å². The molecular formula is C13H23ClN4O. The molecule has 2 rings (SSSR count). The van der Waals surface area contributed by atoms with Crippen molar-refractivity contribution < 1.29 is 4.79 Å². The van der Waals surface area contributed by atoms with Crippen LogP contribution >= 0.6 is 12.4 Å². The van der Waals surface area contributed by atoms with Gasteiger partial charge in [-0.1, -0.05) is 6.92 Å². The van der Waals surface area contributed by atoms with Crippen molar-refractivity contribution in [1.82, 2.24) is 15.1 Å². The van der Waals surface area contributed by atoms with Crippen LogP contribution in [0.3, 0.4) is 0 Å². The van der Waals surface area contributed by atoms with E-state index in [1.807, 2.05) is 13.2 Å². The van der Waals surface area contributed by atoms with Gasteiger partial charge >= 0.3 is 0 Å². The first-order valence-electron chi connectivity index (χ1n) is 6.64. The smallest absolute Gasteiger partial charge is 0.224 e. The van der Waals surface area contributed by atoms with Crippen LogP contribution < -0.4 is 10.6 Å². The predicted molar refractivity (Wildman–Crippen MR) is 78.5 cm³/mol. The van der Waals surface area contributed by atoms with Crippen molar-refractivity contribution >= 4 is 24.0 Å². The highest BCUT2D eigenvalue weighted by Crippen LogP contribution is 2.22. The topological polar surface area (TPSA) is 59.0 Å². The van der Waals surface area contributed by atoms with Gasteiger partial charge < -0.3 is 10.6 Å². The molecule has 2 N–H and O–H groups in total. The van der Waals surface area contributed by atoms with Crippen LogP contribution in [-0.4, -0.2) is 28.8 Å². The molecule has 5 nitrogen and oxygen atoms in total. The first-order valence-corrected chi connectivity index (χ1v) is 6.64. The number of amides is 1. The standard InChI is InChI=1S/C13H22N4O.ClH/c1-10(11-4-3-5-14-7-11)6-13(18)16-12-8-15-17(2)9-12;/h8-11,14H,3-7H2,1-2H3,(H,16,18);1H. The molecule has 1 amide bonds. The van der Waals surface area contributed by atoms with E-state index < -0.39 is 0 Å². The van der Waals surface area contributed by atoms with Crippen molar-refractivity contribution in [3.8, 4) is 0 Å². The number of hydrogen-bond donors (Lipinski definition) is 2. The van der Waals surface area contributed by atoms with Crippen LogP contribution in [0.15, 0.2) is 12.4 Å². The Bertz CT molecular complexity index is 401. The second-order valence-electron chi connectivity index (χ2n) is 5.24. The van der Waals surface area contributed by atoms with Crippen LogP contribution in [0, 0.1) is 11.8 Å². The lowest BCUT2D eigenvalue weighted by Gasteiger charge is -2.27. The fourth-order valence-electron chi connectivity index (χ4n) is 2.52. The van der Waals surface area contributed by atoms with Crippen LogP contribution in [0.25, 0.3) is 0 Å². The summed E-state index contributed by atoms with van der Waals surface area (Å²) in [4.78, 5) is 11.9. The number of anilines is 1. The van der Waals surface area contributed by atoms with Crippen molar-refractivity contribution in [2.45, 2.75) is 26.2 Å². The number of nitrogens with one attached hydrogen (secondary N) is 2. The van der Waals surface area contributed by atoms with Crippen LogP contribution in [0.5, 0.6) is 0 Å². The highest BCUT2D eigenvalue weighted by molar-refractivity contribution is 5.90. The van der Waals surface area contributed by atoms with Gasteiger partial charge in [0.2, 0.25) is 5.91 Å². The summed E-state index contributed by atoms with van der Waals surface area (Å²) in [5.74, 6) is 1.13. The van der Waals surface area contributed by atoms with Crippen LogP contribution in [0.2, 0.25) is 0 Å². The Labute approximate surface area is 120 Å². The van der Waals surface area contributed by atoms with Crippen LogP contribution in [-0.2, 0) is 11.8 Å². The molecule has 0 bridgehead atoms. The van der Waals surface area contributed by atoms with E-state index in [1.165, 1.54) is 12.8 Å². The second-order valence-corrected chi connectivity index (χ2v) is 5.24. The molecule has 6 heteroatoms. The number of aromatic nitrogens is 2. The van der Waals surface area contributed by atoms with Gasteiger partial charge in [-0.15, -0.1) is 12.4 Å². The molecule has 1 aliphatic rings. The van der Waals surface area contributed by atoms with Gasteiger partial charge in [0.25, 0.3) is 0 Å². The molecule has 0 spiro atoms. The number of nitrogens with zero attached hydrogens (tertiary/aromatic N) is 2. The van der Waals surface area contributed by atoms with Crippen molar-refractivity contribution in [2.24, 2.45) is 18.9 Å². The van der Waals surface area contributed by atoms with Crippen molar-refractivity contribution in [3.05, 3.63) is 12.4 Å². The summed E-state index contributed by atoms with van der Waals surface area (Å²) < 4.78 is 1.68. The Morgan fingerprint density at radius 2 is 2.47 bits per heavy atom. The van der Waals surface area contributed by atoms with Gasteiger partial charge in [0, 0.05) is 19.7 Å². The van der Waals surface area contributed by atoms with E-state index >= 15 is 0 Å². The van der Waals surface area contributed by atoms with Gasteiger partial charge in [0.05, 0.1) is 11.9 Å². The molecule has 108 valence electrons. The number of hydrogen-bond acceptors (Lipinski definition) is 3. The minimum absolute atomic E-state index is 0. The third kappa shape index (κ3) is 4.84. The molecule has 1 aromatic heterocycles. The maximum absolute atomic E-state index is 11.9. The zero-order valence-corrected chi connectivity index (χ0v) is 12.4. The van der Waals surface area contributed by atoms with E-state index in [0.29, 0.717) is 18.3 Å². The average Bonchev–Trinajstić information content (AvgIpc) is 2.75. The number of rotatable bonds is 4. The molecule has 0 saturated carbocycles. The molecule has 19 heavy (non-hydrogen) atoms. The van der Waals surface area contributed by atoms with Gasteiger partial charge in [-0.3, -0.25) is 9.48 Å². The van der Waals surface area contributed by atoms with E-state index in [9.17, 15) is 4.79 Å². The summed E-state index contributed by atoms with van der Waals surface area (Å²) in [6.07, 6.45) is 6.52. The minimum Gasteiger partial charge on any atom is -0.323 e. The summed E-state index contributed by atoms with van der Waals surface area (Å²) in [5.41, 5.74) is 0.775. The van der Waals surface area contributed by atoms with E-state index in [4.69, 9.17) is 0 Å². The number of carbonyl (C=O) groups is 1. The zero-order chi connectivity index (χ0) is 13.0. The third-order valence-corrected chi connectivity index (χ3v) is 3.64. The van der Waals surface area contributed by atoms with E-state index in [2.05, 4.69) is 22.7 Å². The first-order chi connectivity index (χ1) is 8.65. The Morgan fingerprint density at radius 1 is 1.68 bits per heavy atom. The van der Waals surface area contributed by atoms with Crippen molar-refractivity contribution in [1.29, 1.82) is 0 Å². The third-order valence-electron chi connectivity index (χ3n) is 3.64. The average molecular weight is 287 g/mol. The lowest BCUT2D eigenvalue weighted by molar-refractivity contribution is -0.117. The van der Waals surface area contributed by atoms with Crippen molar-refractivity contribution in [3.63, 3.8) is 0 Å². The Morgan fingerprint density at radius 3 is 3.05 bits per heavy atom. The number of halogens is 1. The molecule has 1 saturated heterocycles. The number of piperidine rings is 1. The fourth-order valence-corrected chi connectivity index (χ4v) is 2.52. The van der Waals surface area contributed by atoms with Gasteiger partial charge in [-0.2, -0.15) is 5.10 Å². The lowest BCUT2D eigenvalue weighted by atomic mass is 9.85. The summed E-state index contributed by atoms with van der Waals surface area (Å²) in [5, 5.41) is 10.3. The van der Waals surface area contributed by atoms with E-state index in [0.717, 1.165) is 18.8 Å². The molecule has 1 aliphatic heterocycles. The first kappa shape index (κ1) is 16.0.